The van der Waals surface area contributed by atoms with E-state index < -0.39 is 14.8 Å². The Kier molecular flexibility index (Phi) is 3.48. The molecule has 0 radical (unpaired) electrons. The van der Waals surface area contributed by atoms with Gasteiger partial charge < -0.3 is 5.32 Å². The third-order valence-electron chi connectivity index (χ3n) is 2.23. The summed E-state index contributed by atoms with van der Waals surface area (Å²) in [6.07, 6.45) is 0. The number of rotatable bonds is 3. The molecule has 1 aromatic rings. The van der Waals surface area contributed by atoms with Gasteiger partial charge in [0.05, 0.1) is 4.75 Å². The van der Waals surface area contributed by atoms with Gasteiger partial charge in [0.2, 0.25) is 10.0 Å². The van der Waals surface area contributed by atoms with Crippen molar-refractivity contribution >= 4 is 21.4 Å². The van der Waals surface area contributed by atoms with Crippen LogP contribution in [0.3, 0.4) is 0 Å². The maximum atomic E-state index is 11.8. The minimum atomic E-state index is -3.34. The lowest BCUT2D eigenvalue weighted by Gasteiger charge is -2.20. The fourth-order valence-electron chi connectivity index (χ4n) is 1.01. The van der Waals surface area contributed by atoms with Crippen molar-refractivity contribution in [3.8, 4) is 0 Å². The molecule has 0 fully saturated rings. The third kappa shape index (κ3) is 2.88. The molecule has 0 amide bonds. The fraction of sp³-hybridized carbons (Fsp3) is 0.455. The molecule has 0 bridgehead atoms. The van der Waals surface area contributed by atoms with E-state index in [0.29, 0.717) is 5.69 Å². The number of anilines is 2. The first kappa shape index (κ1) is 12.8. The Hall–Kier alpha value is -1.23. The molecule has 0 saturated heterocycles. The zero-order valence-corrected chi connectivity index (χ0v) is 10.9. The minimum absolute atomic E-state index is 0.578. The molecule has 0 aromatic heterocycles. The van der Waals surface area contributed by atoms with Crippen molar-refractivity contribution in [2.75, 3.05) is 17.1 Å². The number of benzene rings is 1. The van der Waals surface area contributed by atoms with E-state index in [9.17, 15) is 8.42 Å². The van der Waals surface area contributed by atoms with Gasteiger partial charge in [-0.15, -0.1) is 0 Å². The van der Waals surface area contributed by atoms with Crippen LogP contribution >= 0.6 is 0 Å². The molecule has 4 nitrogen and oxygen atoms in total. The molecule has 5 heteroatoms. The molecule has 0 heterocycles. The van der Waals surface area contributed by atoms with E-state index in [1.807, 2.05) is 19.2 Å². The highest BCUT2D eigenvalue weighted by atomic mass is 32.2. The van der Waals surface area contributed by atoms with E-state index in [4.69, 9.17) is 0 Å². The number of hydrogen-bond acceptors (Lipinski definition) is 3. The summed E-state index contributed by atoms with van der Waals surface area (Å²) in [7, 11) is -1.53. The summed E-state index contributed by atoms with van der Waals surface area (Å²) in [5.41, 5.74) is 1.52. The van der Waals surface area contributed by atoms with Crippen molar-refractivity contribution in [1.29, 1.82) is 0 Å². The van der Waals surface area contributed by atoms with Gasteiger partial charge in [0.1, 0.15) is 0 Å². The Morgan fingerprint density at radius 1 is 1.00 bits per heavy atom. The predicted octanol–water partition coefficient (Wildman–Crippen LogP) is 2.27. The van der Waals surface area contributed by atoms with Crippen LogP contribution in [0, 0.1) is 0 Å². The lowest BCUT2D eigenvalue weighted by molar-refractivity contribution is 0.566. The molecule has 0 saturated carbocycles. The summed E-state index contributed by atoms with van der Waals surface area (Å²) in [6.45, 7) is 4.99. The molecule has 1 rings (SSSR count). The number of sulfonamides is 1. The second kappa shape index (κ2) is 4.33. The van der Waals surface area contributed by atoms with Gasteiger partial charge in [0.25, 0.3) is 0 Å². The lowest BCUT2D eigenvalue weighted by Crippen LogP contribution is -2.33. The molecule has 0 atom stereocenters. The van der Waals surface area contributed by atoms with Crippen LogP contribution in [-0.4, -0.2) is 20.2 Å². The highest BCUT2D eigenvalue weighted by Gasteiger charge is 2.28. The summed E-state index contributed by atoms with van der Waals surface area (Å²) in [5.74, 6) is 0. The monoisotopic (exact) mass is 242 g/mol. The standard InChI is InChI=1S/C11H18N2O2S/c1-11(2,3)16(14,15)13-10-7-5-9(12-4)6-8-10/h5-8,12-13H,1-4H3. The highest BCUT2D eigenvalue weighted by molar-refractivity contribution is 7.94. The molecule has 0 aliphatic carbocycles. The second-order valence-corrected chi connectivity index (χ2v) is 6.98. The summed E-state index contributed by atoms with van der Waals surface area (Å²) in [6, 6.07) is 7.10. The van der Waals surface area contributed by atoms with Crippen molar-refractivity contribution in [3.63, 3.8) is 0 Å². The molecule has 90 valence electrons. The van der Waals surface area contributed by atoms with Crippen LogP contribution in [0.15, 0.2) is 24.3 Å². The van der Waals surface area contributed by atoms with Gasteiger partial charge >= 0.3 is 0 Å². The Balaban J connectivity index is 2.89. The maximum absolute atomic E-state index is 11.8. The summed E-state index contributed by atoms with van der Waals surface area (Å²) >= 11 is 0. The van der Waals surface area contributed by atoms with Crippen molar-refractivity contribution in [1.82, 2.24) is 0 Å². The van der Waals surface area contributed by atoms with E-state index in [2.05, 4.69) is 10.0 Å². The SMILES string of the molecule is CNc1ccc(NS(=O)(=O)C(C)(C)C)cc1. The van der Waals surface area contributed by atoms with Crippen molar-refractivity contribution in [2.45, 2.75) is 25.5 Å². The fourth-order valence-corrected chi connectivity index (χ4v) is 1.77. The van der Waals surface area contributed by atoms with Crippen LogP contribution in [0.4, 0.5) is 11.4 Å². The van der Waals surface area contributed by atoms with Crippen LogP contribution in [0.2, 0.25) is 0 Å². The molecule has 2 N–H and O–H groups in total. The number of nitrogens with one attached hydrogen (secondary N) is 2. The molecular weight excluding hydrogens is 224 g/mol. The van der Waals surface area contributed by atoms with Crippen LogP contribution in [0.5, 0.6) is 0 Å². The Bertz CT molecular complexity index is 444. The van der Waals surface area contributed by atoms with Crippen molar-refractivity contribution in [3.05, 3.63) is 24.3 Å². The molecule has 0 unspecified atom stereocenters. The van der Waals surface area contributed by atoms with Crippen LogP contribution in [0.25, 0.3) is 0 Å². The largest absolute Gasteiger partial charge is 0.388 e. The van der Waals surface area contributed by atoms with Crippen molar-refractivity contribution < 1.29 is 8.42 Å². The first-order valence-corrected chi connectivity index (χ1v) is 6.55. The van der Waals surface area contributed by atoms with E-state index >= 15 is 0 Å². The van der Waals surface area contributed by atoms with Crippen LogP contribution in [-0.2, 0) is 10.0 Å². The smallest absolute Gasteiger partial charge is 0.237 e. The van der Waals surface area contributed by atoms with Gasteiger partial charge in [-0.1, -0.05) is 0 Å². The van der Waals surface area contributed by atoms with Crippen LogP contribution in [0.1, 0.15) is 20.8 Å². The van der Waals surface area contributed by atoms with E-state index in [-0.39, 0.29) is 0 Å². The van der Waals surface area contributed by atoms with E-state index in [0.717, 1.165) is 5.69 Å². The van der Waals surface area contributed by atoms with Gasteiger partial charge in [0.15, 0.2) is 0 Å². The zero-order valence-electron chi connectivity index (χ0n) is 10.0. The first-order valence-electron chi connectivity index (χ1n) is 5.06. The molecule has 16 heavy (non-hydrogen) atoms. The second-order valence-electron chi connectivity index (χ2n) is 4.55. The van der Waals surface area contributed by atoms with Gasteiger partial charge in [-0.25, -0.2) is 8.42 Å². The Morgan fingerprint density at radius 2 is 1.44 bits per heavy atom. The molecular formula is C11H18N2O2S. The normalized spacial score (nSPS) is 12.2. The summed E-state index contributed by atoms with van der Waals surface area (Å²) in [5, 5.41) is 2.97. The van der Waals surface area contributed by atoms with Crippen LogP contribution < -0.4 is 10.0 Å². The van der Waals surface area contributed by atoms with Crippen molar-refractivity contribution in [2.24, 2.45) is 0 Å². The average molecular weight is 242 g/mol. The van der Waals surface area contributed by atoms with Gasteiger partial charge in [-0.3, -0.25) is 4.72 Å². The third-order valence-corrected chi connectivity index (χ3v) is 4.35. The minimum Gasteiger partial charge on any atom is -0.388 e. The average Bonchev–Trinajstić information content (AvgIpc) is 2.16. The molecule has 0 spiro atoms. The van der Waals surface area contributed by atoms with Gasteiger partial charge in [0, 0.05) is 18.4 Å². The predicted molar refractivity (Wildman–Crippen MR) is 68.3 cm³/mol. The molecule has 0 aliphatic heterocycles. The molecule has 0 aliphatic rings. The first-order chi connectivity index (χ1) is 7.26. The zero-order chi connectivity index (χ0) is 12.4. The van der Waals surface area contributed by atoms with Gasteiger partial charge in [-0.05, 0) is 45.0 Å². The number of hydrogen-bond donors (Lipinski definition) is 2. The quantitative estimate of drug-likeness (QED) is 0.855. The summed E-state index contributed by atoms with van der Waals surface area (Å²) < 4.78 is 25.4. The summed E-state index contributed by atoms with van der Waals surface area (Å²) in [4.78, 5) is 0. The van der Waals surface area contributed by atoms with E-state index in [1.165, 1.54) is 0 Å². The van der Waals surface area contributed by atoms with E-state index in [1.54, 1.807) is 32.9 Å². The Morgan fingerprint density at radius 3 is 1.81 bits per heavy atom. The lowest BCUT2D eigenvalue weighted by atomic mass is 10.3. The topological polar surface area (TPSA) is 58.2 Å². The highest BCUT2D eigenvalue weighted by Crippen LogP contribution is 2.20. The Labute approximate surface area is 97.1 Å². The molecule has 1 aromatic carbocycles. The van der Waals surface area contributed by atoms with Gasteiger partial charge in [-0.2, -0.15) is 0 Å². The maximum Gasteiger partial charge on any atom is 0.237 e.